The second-order valence-corrected chi connectivity index (χ2v) is 5.81. The molecule has 6 heteroatoms. The highest BCUT2D eigenvalue weighted by molar-refractivity contribution is 5.76. The van der Waals surface area contributed by atoms with Crippen LogP contribution in [0, 0.1) is 5.92 Å². The molecule has 1 saturated heterocycles. The van der Waals surface area contributed by atoms with Crippen molar-refractivity contribution < 1.29 is 24.5 Å². The van der Waals surface area contributed by atoms with Crippen LogP contribution in [-0.4, -0.2) is 54.0 Å². The minimum Gasteiger partial charge on any atom is -0.486 e. The highest BCUT2D eigenvalue weighted by Gasteiger charge is 2.31. The third-order valence-electron chi connectivity index (χ3n) is 4.39. The summed E-state index contributed by atoms with van der Waals surface area (Å²) in [5.74, 6) is 0.698. The average Bonchev–Trinajstić information content (AvgIpc) is 2.55. The first kappa shape index (κ1) is 15.1. The average molecular weight is 307 g/mol. The van der Waals surface area contributed by atoms with Gasteiger partial charge in [0.1, 0.15) is 19.3 Å². The number of aliphatic carboxylic acids is 1. The van der Waals surface area contributed by atoms with E-state index in [0.717, 1.165) is 12.8 Å². The largest absolute Gasteiger partial charge is 0.486 e. The van der Waals surface area contributed by atoms with Gasteiger partial charge in [-0.1, -0.05) is 6.07 Å². The molecule has 6 nitrogen and oxygen atoms in total. The van der Waals surface area contributed by atoms with E-state index in [9.17, 15) is 15.0 Å². The standard InChI is InChI=1S/C16H21NO5/c18-10-11-3-5-17(6-4-11)15(16(19)20)12-1-2-13-14(9-12)22-8-7-21-13/h1-2,9,11,15,18H,3-8,10H2,(H,19,20)/t15-/m1/s1. The van der Waals surface area contributed by atoms with Crippen LogP contribution in [0.2, 0.25) is 0 Å². The van der Waals surface area contributed by atoms with Gasteiger partial charge in [-0.3, -0.25) is 9.69 Å². The Morgan fingerprint density at radius 1 is 1.23 bits per heavy atom. The first-order valence-electron chi connectivity index (χ1n) is 7.66. The molecule has 1 aromatic carbocycles. The Bertz CT molecular complexity index is 539. The van der Waals surface area contributed by atoms with Gasteiger partial charge in [-0.2, -0.15) is 0 Å². The number of ether oxygens (including phenoxy) is 2. The zero-order chi connectivity index (χ0) is 15.5. The van der Waals surface area contributed by atoms with Gasteiger partial charge in [0.25, 0.3) is 0 Å². The molecule has 0 bridgehead atoms. The van der Waals surface area contributed by atoms with E-state index in [4.69, 9.17) is 9.47 Å². The van der Waals surface area contributed by atoms with Crippen LogP contribution < -0.4 is 9.47 Å². The number of hydrogen-bond donors (Lipinski definition) is 2. The van der Waals surface area contributed by atoms with Gasteiger partial charge in [-0.25, -0.2) is 0 Å². The minimum atomic E-state index is -0.862. The van der Waals surface area contributed by atoms with E-state index in [2.05, 4.69) is 0 Å². The summed E-state index contributed by atoms with van der Waals surface area (Å²) >= 11 is 0. The first-order chi connectivity index (χ1) is 10.7. The third-order valence-corrected chi connectivity index (χ3v) is 4.39. The number of aliphatic hydroxyl groups is 1. The zero-order valence-corrected chi connectivity index (χ0v) is 12.4. The fraction of sp³-hybridized carbons (Fsp3) is 0.562. The highest BCUT2D eigenvalue weighted by atomic mass is 16.6. The molecule has 0 spiro atoms. The molecule has 2 N–H and O–H groups in total. The summed E-state index contributed by atoms with van der Waals surface area (Å²) in [5.41, 5.74) is 0.708. The molecule has 2 aliphatic rings. The first-order valence-corrected chi connectivity index (χ1v) is 7.66. The molecule has 0 aromatic heterocycles. The molecule has 3 rings (SSSR count). The van der Waals surface area contributed by atoms with Gasteiger partial charge >= 0.3 is 5.97 Å². The number of aliphatic hydroxyl groups excluding tert-OH is 1. The molecule has 0 aliphatic carbocycles. The van der Waals surface area contributed by atoms with E-state index in [-0.39, 0.29) is 12.5 Å². The zero-order valence-electron chi connectivity index (χ0n) is 12.4. The summed E-state index contributed by atoms with van der Waals surface area (Å²) in [7, 11) is 0. The number of piperidine rings is 1. The predicted octanol–water partition coefficient (Wildman–Crippen LogP) is 1.29. The summed E-state index contributed by atoms with van der Waals surface area (Å²) in [4.78, 5) is 13.7. The second-order valence-electron chi connectivity index (χ2n) is 5.81. The van der Waals surface area contributed by atoms with Crippen molar-refractivity contribution in [3.8, 4) is 11.5 Å². The molecule has 120 valence electrons. The maximum atomic E-state index is 11.8. The quantitative estimate of drug-likeness (QED) is 0.872. The van der Waals surface area contributed by atoms with E-state index in [1.165, 1.54) is 0 Å². The molecule has 1 atom stereocenters. The van der Waals surface area contributed by atoms with Crippen molar-refractivity contribution in [3.05, 3.63) is 23.8 Å². The van der Waals surface area contributed by atoms with Crippen molar-refractivity contribution in [2.75, 3.05) is 32.9 Å². The molecule has 0 radical (unpaired) electrons. The number of carboxylic acids is 1. The van der Waals surface area contributed by atoms with E-state index in [1.807, 2.05) is 4.90 Å². The normalized spacial score (nSPS) is 20.6. The number of benzene rings is 1. The second kappa shape index (κ2) is 6.54. The molecule has 2 heterocycles. The number of likely N-dealkylation sites (tertiary alicyclic amines) is 1. The Balaban J connectivity index is 1.81. The number of hydrogen-bond acceptors (Lipinski definition) is 5. The molecule has 2 aliphatic heterocycles. The van der Waals surface area contributed by atoms with Crippen LogP contribution in [0.4, 0.5) is 0 Å². The fourth-order valence-corrected chi connectivity index (χ4v) is 3.13. The summed E-state index contributed by atoms with van der Waals surface area (Å²) < 4.78 is 11.0. The van der Waals surface area contributed by atoms with Crippen LogP contribution >= 0.6 is 0 Å². The summed E-state index contributed by atoms with van der Waals surface area (Å²) in [5, 5.41) is 18.9. The Morgan fingerprint density at radius 2 is 1.91 bits per heavy atom. The lowest BCUT2D eigenvalue weighted by molar-refractivity contribution is -0.144. The van der Waals surface area contributed by atoms with Crippen molar-refractivity contribution in [3.63, 3.8) is 0 Å². The van der Waals surface area contributed by atoms with E-state index >= 15 is 0 Å². The molecule has 0 amide bonds. The van der Waals surface area contributed by atoms with Gasteiger partial charge in [0.15, 0.2) is 11.5 Å². The van der Waals surface area contributed by atoms with Crippen molar-refractivity contribution in [1.82, 2.24) is 4.90 Å². The van der Waals surface area contributed by atoms with E-state index in [1.54, 1.807) is 18.2 Å². The van der Waals surface area contributed by atoms with Crippen molar-refractivity contribution in [2.45, 2.75) is 18.9 Å². The lowest BCUT2D eigenvalue weighted by atomic mass is 9.94. The smallest absolute Gasteiger partial charge is 0.325 e. The lowest BCUT2D eigenvalue weighted by Gasteiger charge is -2.35. The number of carboxylic acid groups (broad SMARTS) is 1. The Morgan fingerprint density at radius 3 is 2.55 bits per heavy atom. The van der Waals surface area contributed by atoms with E-state index < -0.39 is 12.0 Å². The number of fused-ring (bicyclic) bond motifs is 1. The van der Waals surface area contributed by atoms with Crippen LogP contribution in [0.3, 0.4) is 0 Å². The number of rotatable bonds is 4. The van der Waals surface area contributed by atoms with Crippen molar-refractivity contribution in [1.29, 1.82) is 0 Å². The predicted molar refractivity (Wildman–Crippen MR) is 79.2 cm³/mol. The van der Waals surface area contributed by atoms with Crippen LogP contribution in [0.5, 0.6) is 11.5 Å². The molecule has 1 fully saturated rings. The van der Waals surface area contributed by atoms with Crippen LogP contribution in [-0.2, 0) is 4.79 Å². The van der Waals surface area contributed by atoms with Crippen LogP contribution in [0.1, 0.15) is 24.4 Å². The fourth-order valence-electron chi connectivity index (χ4n) is 3.13. The summed E-state index contributed by atoms with van der Waals surface area (Å²) in [6.07, 6.45) is 1.65. The maximum absolute atomic E-state index is 11.8. The lowest BCUT2D eigenvalue weighted by Crippen LogP contribution is -2.40. The van der Waals surface area contributed by atoms with Gasteiger partial charge in [0, 0.05) is 6.61 Å². The molecule has 0 saturated carbocycles. The van der Waals surface area contributed by atoms with Crippen LogP contribution in [0.25, 0.3) is 0 Å². The molecule has 1 aromatic rings. The van der Waals surface area contributed by atoms with Gasteiger partial charge in [0.05, 0.1) is 0 Å². The minimum absolute atomic E-state index is 0.176. The van der Waals surface area contributed by atoms with Gasteiger partial charge < -0.3 is 19.7 Å². The summed E-state index contributed by atoms with van der Waals surface area (Å²) in [6.45, 7) is 2.53. The van der Waals surface area contributed by atoms with E-state index in [0.29, 0.717) is 43.4 Å². The van der Waals surface area contributed by atoms with Gasteiger partial charge in [-0.05, 0) is 49.5 Å². The topological polar surface area (TPSA) is 79.2 Å². The monoisotopic (exact) mass is 307 g/mol. The van der Waals surface area contributed by atoms with Crippen molar-refractivity contribution >= 4 is 5.97 Å². The third kappa shape index (κ3) is 3.03. The Kier molecular flexibility index (Phi) is 4.49. The SMILES string of the molecule is O=C(O)[C@@H](c1ccc2c(c1)OCCO2)N1CCC(CO)CC1. The van der Waals surface area contributed by atoms with Crippen molar-refractivity contribution in [2.24, 2.45) is 5.92 Å². The Hall–Kier alpha value is -1.79. The van der Waals surface area contributed by atoms with Gasteiger partial charge in [0.2, 0.25) is 0 Å². The highest BCUT2D eigenvalue weighted by Crippen LogP contribution is 2.35. The maximum Gasteiger partial charge on any atom is 0.325 e. The summed E-state index contributed by atoms with van der Waals surface area (Å²) in [6, 6.07) is 4.66. The molecule has 22 heavy (non-hydrogen) atoms. The molecule has 0 unspecified atom stereocenters. The molecular formula is C16H21NO5. The van der Waals surface area contributed by atoms with Gasteiger partial charge in [-0.15, -0.1) is 0 Å². The van der Waals surface area contributed by atoms with Crippen LogP contribution in [0.15, 0.2) is 18.2 Å². The molecular weight excluding hydrogens is 286 g/mol. The number of carbonyl (C=O) groups is 1. The number of nitrogens with zero attached hydrogens (tertiary/aromatic N) is 1. The Labute approximate surface area is 129 Å².